The maximum absolute atomic E-state index is 2.45. The summed E-state index contributed by atoms with van der Waals surface area (Å²) in [5, 5.41) is 0. The van der Waals surface area contributed by atoms with Crippen molar-refractivity contribution in [1.29, 1.82) is 0 Å². The molecule has 16 aromatic rings. The summed E-state index contributed by atoms with van der Waals surface area (Å²) >= 11 is 3.66. The molecule has 0 saturated carbocycles. The van der Waals surface area contributed by atoms with Gasteiger partial charge in [0.2, 0.25) is 0 Å². The second-order valence-corrected chi connectivity index (χ2v) is 28.3. The summed E-state index contributed by atoms with van der Waals surface area (Å²) in [4.78, 5) is 14.5. The van der Waals surface area contributed by atoms with Crippen LogP contribution < -0.4 is 19.6 Å². The molecule has 0 atom stereocenters. The van der Waals surface area contributed by atoms with Crippen molar-refractivity contribution in [3.05, 3.63) is 399 Å². The first kappa shape index (κ1) is 62.2. The Balaban J connectivity index is 0.708. The number of thiophene rings is 2. The third-order valence-electron chi connectivity index (χ3n) is 19.5. The van der Waals surface area contributed by atoms with E-state index in [9.17, 15) is 0 Å². The number of para-hydroxylation sites is 4. The normalized spacial score (nSPS) is 11.9. The van der Waals surface area contributed by atoms with Gasteiger partial charge >= 0.3 is 0 Å². The highest BCUT2D eigenvalue weighted by Crippen LogP contribution is 2.53. The van der Waals surface area contributed by atoms with E-state index in [1.165, 1.54) is 64.0 Å². The summed E-state index contributed by atoms with van der Waals surface area (Å²) in [6.45, 7) is 4.80. The second kappa shape index (κ2) is 27.2. The number of rotatable bonds is 18. The highest BCUT2D eigenvalue weighted by molar-refractivity contribution is 7.19. The molecule has 482 valence electrons. The van der Waals surface area contributed by atoms with Gasteiger partial charge in [-0.05, 0) is 237 Å². The standard InChI is InChI=1S/C95H70N4S2/c1-95(2)89-65-85(98(83-53-41-73(42-54-83)93-63-61-91(100-93)71-21-9-3-10-22-71)81-49-37-69(38-50-81)67-33-45-79(46-34-67)96(75-25-13-5-14-26-75)76-27-15-6-16-28-76)57-59-87(89)88-60-58-86(66-90(88)95)99(84-55-43-74(44-56-84)94-64-62-92(101-94)72-23-11-4-12-24-72)82-51-39-70(40-52-82)68-35-47-80(48-36-68)97(77-29-17-7-18-30-77)78-31-19-8-20-32-78/h3-66H,1-2H3. The summed E-state index contributed by atoms with van der Waals surface area (Å²) in [6.07, 6.45) is 0. The number of fused-ring (bicyclic) bond motifs is 3. The van der Waals surface area contributed by atoms with E-state index in [1.807, 2.05) is 22.7 Å². The molecule has 0 saturated heterocycles. The molecule has 2 heterocycles. The molecule has 101 heavy (non-hydrogen) atoms. The van der Waals surface area contributed by atoms with Gasteiger partial charge in [0.05, 0.1) is 0 Å². The van der Waals surface area contributed by atoms with Gasteiger partial charge in [-0.25, -0.2) is 0 Å². The molecule has 4 nitrogen and oxygen atoms in total. The van der Waals surface area contributed by atoms with Crippen LogP contribution in [-0.2, 0) is 5.41 Å². The van der Waals surface area contributed by atoms with Crippen LogP contribution in [0.25, 0.3) is 75.1 Å². The minimum atomic E-state index is -0.355. The van der Waals surface area contributed by atoms with Crippen molar-refractivity contribution >= 4 is 90.9 Å². The van der Waals surface area contributed by atoms with Gasteiger partial charge in [0.15, 0.2) is 0 Å². The molecule has 0 unspecified atom stereocenters. The van der Waals surface area contributed by atoms with Crippen molar-refractivity contribution in [1.82, 2.24) is 0 Å². The van der Waals surface area contributed by atoms with Crippen molar-refractivity contribution in [2.75, 3.05) is 19.6 Å². The van der Waals surface area contributed by atoms with E-state index in [4.69, 9.17) is 0 Å². The van der Waals surface area contributed by atoms with Gasteiger partial charge in [-0.2, -0.15) is 0 Å². The lowest BCUT2D eigenvalue weighted by molar-refractivity contribution is 0.660. The third-order valence-corrected chi connectivity index (χ3v) is 21.9. The largest absolute Gasteiger partial charge is 0.311 e. The Labute approximate surface area is 600 Å². The summed E-state index contributed by atoms with van der Waals surface area (Å²) in [5.41, 5.74) is 27.4. The maximum atomic E-state index is 2.45. The fourth-order valence-corrected chi connectivity index (χ4v) is 16.4. The van der Waals surface area contributed by atoms with E-state index in [1.54, 1.807) is 0 Å². The second-order valence-electron chi connectivity index (χ2n) is 26.1. The summed E-state index contributed by atoms with van der Waals surface area (Å²) in [6, 6.07) is 141. The third kappa shape index (κ3) is 12.4. The first-order chi connectivity index (χ1) is 49.8. The minimum Gasteiger partial charge on any atom is -0.311 e. The van der Waals surface area contributed by atoms with Gasteiger partial charge < -0.3 is 19.6 Å². The first-order valence-electron chi connectivity index (χ1n) is 34.4. The molecular formula is C95H70N4S2. The van der Waals surface area contributed by atoms with E-state index < -0.39 is 0 Å². The fourth-order valence-electron chi connectivity index (χ4n) is 14.4. The Morgan fingerprint density at radius 1 is 0.178 bits per heavy atom. The van der Waals surface area contributed by atoms with Gasteiger partial charge in [0.1, 0.15) is 0 Å². The highest BCUT2D eigenvalue weighted by atomic mass is 32.1. The van der Waals surface area contributed by atoms with Crippen LogP contribution in [0.1, 0.15) is 25.0 Å². The molecule has 0 aliphatic heterocycles. The lowest BCUT2D eigenvalue weighted by Crippen LogP contribution is -2.17. The zero-order valence-electron chi connectivity index (χ0n) is 56.1. The Hall–Kier alpha value is -12.3. The molecule has 0 radical (unpaired) electrons. The maximum Gasteiger partial charge on any atom is 0.0465 e. The SMILES string of the molecule is CC1(C)c2cc(N(c3ccc(-c4ccc(N(c5ccccc5)c5ccccc5)cc4)cc3)c3ccc(-c4ccc(-c5ccccc5)s4)cc3)ccc2-c2ccc(N(c3ccc(-c4ccc(N(c5ccccc5)c5ccccc5)cc4)cc3)c3ccc(-c4ccc(-c5ccccc5)s4)cc3)cc21. The van der Waals surface area contributed by atoms with Gasteiger partial charge in [-0.1, -0.05) is 232 Å². The highest BCUT2D eigenvalue weighted by Gasteiger charge is 2.37. The zero-order chi connectivity index (χ0) is 67.6. The smallest absolute Gasteiger partial charge is 0.0465 e. The van der Waals surface area contributed by atoms with Crippen LogP contribution in [0.15, 0.2) is 388 Å². The van der Waals surface area contributed by atoms with Gasteiger partial charge in [0, 0.05) is 93.2 Å². The quantitative estimate of drug-likeness (QED) is 0.0849. The van der Waals surface area contributed by atoms with E-state index in [0.717, 1.165) is 90.5 Å². The van der Waals surface area contributed by atoms with Gasteiger partial charge in [-0.15, -0.1) is 22.7 Å². The molecule has 0 amide bonds. The Bertz CT molecular complexity index is 5060. The van der Waals surface area contributed by atoms with E-state index >= 15 is 0 Å². The summed E-state index contributed by atoms with van der Waals surface area (Å²) in [7, 11) is 0. The van der Waals surface area contributed by atoms with Gasteiger partial charge in [0.25, 0.3) is 0 Å². The number of nitrogens with zero attached hydrogens (tertiary/aromatic N) is 4. The summed E-state index contributed by atoms with van der Waals surface area (Å²) < 4.78 is 0. The van der Waals surface area contributed by atoms with Crippen molar-refractivity contribution in [3.63, 3.8) is 0 Å². The molecule has 1 aliphatic rings. The molecule has 0 spiro atoms. The van der Waals surface area contributed by atoms with Gasteiger partial charge in [-0.3, -0.25) is 0 Å². The number of hydrogen-bond donors (Lipinski definition) is 0. The van der Waals surface area contributed by atoms with Crippen LogP contribution in [0.2, 0.25) is 0 Å². The van der Waals surface area contributed by atoms with Crippen molar-refractivity contribution in [2.24, 2.45) is 0 Å². The topological polar surface area (TPSA) is 13.0 Å². The fraction of sp³-hybridized carbons (Fsp3) is 0.0316. The van der Waals surface area contributed by atoms with E-state index in [0.29, 0.717) is 0 Å². The van der Waals surface area contributed by atoms with Crippen LogP contribution in [0.5, 0.6) is 0 Å². The molecule has 17 rings (SSSR count). The minimum absolute atomic E-state index is 0.355. The van der Waals surface area contributed by atoms with Crippen LogP contribution in [-0.4, -0.2) is 0 Å². The van der Waals surface area contributed by atoms with Crippen LogP contribution in [0.4, 0.5) is 68.2 Å². The van der Waals surface area contributed by atoms with Crippen LogP contribution in [0.3, 0.4) is 0 Å². The van der Waals surface area contributed by atoms with Crippen molar-refractivity contribution < 1.29 is 0 Å². The molecule has 14 aromatic carbocycles. The number of benzene rings is 14. The summed E-state index contributed by atoms with van der Waals surface area (Å²) in [5.74, 6) is 0. The Kier molecular flexibility index (Phi) is 16.7. The first-order valence-corrected chi connectivity index (χ1v) is 36.1. The molecular weight excluding hydrogens is 1260 g/mol. The number of anilines is 12. The molecule has 0 N–H and O–H groups in total. The van der Waals surface area contributed by atoms with Crippen LogP contribution in [0, 0.1) is 0 Å². The average Bonchev–Trinajstić information content (AvgIpc) is 1.58. The number of hydrogen-bond acceptors (Lipinski definition) is 6. The Morgan fingerprint density at radius 2 is 0.366 bits per heavy atom. The molecule has 0 fully saturated rings. The monoisotopic (exact) mass is 1330 g/mol. The molecule has 2 aromatic heterocycles. The van der Waals surface area contributed by atoms with E-state index in [2.05, 4.69) is 422 Å². The molecule has 1 aliphatic carbocycles. The molecule has 6 heteroatoms. The van der Waals surface area contributed by atoms with Crippen molar-refractivity contribution in [2.45, 2.75) is 19.3 Å². The van der Waals surface area contributed by atoms with Crippen molar-refractivity contribution in [3.8, 4) is 75.1 Å². The predicted octanol–water partition coefficient (Wildman–Crippen LogP) is 28.0. The predicted molar refractivity (Wildman–Crippen MR) is 431 cm³/mol. The lowest BCUT2D eigenvalue weighted by atomic mass is 9.82. The average molecular weight is 1330 g/mol. The van der Waals surface area contributed by atoms with E-state index in [-0.39, 0.29) is 5.41 Å². The lowest BCUT2D eigenvalue weighted by Gasteiger charge is -2.29. The zero-order valence-corrected chi connectivity index (χ0v) is 57.7. The molecule has 0 bridgehead atoms. The van der Waals surface area contributed by atoms with Crippen LogP contribution >= 0.6 is 22.7 Å². The Morgan fingerprint density at radius 3 is 0.614 bits per heavy atom.